The van der Waals surface area contributed by atoms with E-state index in [2.05, 4.69) is 18.7 Å². The van der Waals surface area contributed by atoms with E-state index in [0.29, 0.717) is 12.1 Å². The highest BCUT2D eigenvalue weighted by molar-refractivity contribution is 4.83. The van der Waals surface area contributed by atoms with Crippen molar-refractivity contribution in [3.8, 4) is 0 Å². The second kappa shape index (κ2) is 4.21. The molecule has 1 saturated heterocycles. The van der Waals surface area contributed by atoms with Gasteiger partial charge in [0.2, 0.25) is 0 Å². The fourth-order valence-corrected chi connectivity index (χ4v) is 1.72. The molecule has 3 heteroatoms. The zero-order chi connectivity index (χ0) is 9.14. The molecule has 72 valence electrons. The summed E-state index contributed by atoms with van der Waals surface area (Å²) in [4.78, 5) is 2.38. The maximum atomic E-state index is 5.91. The Morgan fingerprint density at radius 3 is 2.58 bits per heavy atom. The van der Waals surface area contributed by atoms with E-state index < -0.39 is 0 Å². The first-order valence-electron chi connectivity index (χ1n) is 4.66. The Balaban J connectivity index is 2.45. The Morgan fingerprint density at radius 1 is 1.42 bits per heavy atom. The molecular formula is C9H20N2O. The van der Waals surface area contributed by atoms with E-state index >= 15 is 0 Å². The topological polar surface area (TPSA) is 38.5 Å². The van der Waals surface area contributed by atoms with Crippen molar-refractivity contribution in [1.82, 2.24) is 4.90 Å². The van der Waals surface area contributed by atoms with Crippen LogP contribution in [-0.4, -0.2) is 43.3 Å². The molecule has 0 saturated carbocycles. The smallest absolute Gasteiger partial charge is 0.0713 e. The molecule has 1 aliphatic rings. The van der Waals surface area contributed by atoms with Gasteiger partial charge in [0, 0.05) is 32.3 Å². The number of nitrogens with zero attached hydrogens (tertiary/aromatic N) is 1. The number of likely N-dealkylation sites (tertiary alicyclic amines) is 1. The second-order valence-electron chi connectivity index (χ2n) is 3.90. The zero-order valence-corrected chi connectivity index (χ0v) is 8.29. The summed E-state index contributed by atoms with van der Waals surface area (Å²) in [5.41, 5.74) is 5.91. The highest BCUT2D eigenvalue weighted by Gasteiger charge is 2.25. The number of piperidine rings is 1. The van der Waals surface area contributed by atoms with E-state index in [4.69, 9.17) is 10.5 Å². The fourth-order valence-electron chi connectivity index (χ4n) is 1.72. The van der Waals surface area contributed by atoms with Crippen molar-refractivity contribution < 1.29 is 4.74 Å². The molecule has 3 nitrogen and oxygen atoms in total. The summed E-state index contributed by atoms with van der Waals surface area (Å²) in [6.07, 6.45) is 1.33. The minimum atomic E-state index is 0.283. The molecule has 0 radical (unpaired) electrons. The van der Waals surface area contributed by atoms with Crippen LogP contribution in [0.1, 0.15) is 20.3 Å². The summed E-state index contributed by atoms with van der Waals surface area (Å²) in [6.45, 7) is 6.44. The van der Waals surface area contributed by atoms with Crippen LogP contribution in [0.4, 0.5) is 0 Å². The molecule has 0 spiro atoms. The largest absolute Gasteiger partial charge is 0.380 e. The van der Waals surface area contributed by atoms with Gasteiger partial charge in [-0.15, -0.1) is 0 Å². The van der Waals surface area contributed by atoms with Crippen LogP contribution in [0.25, 0.3) is 0 Å². The van der Waals surface area contributed by atoms with Gasteiger partial charge >= 0.3 is 0 Å². The number of hydrogen-bond donors (Lipinski definition) is 1. The third kappa shape index (κ3) is 2.44. The number of hydrogen-bond acceptors (Lipinski definition) is 3. The maximum Gasteiger partial charge on any atom is 0.0713 e. The molecule has 1 aliphatic heterocycles. The molecule has 0 amide bonds. The van der Waals surface area contributed by atoms with Crippen LogP contribution < -0.4 is 5.73 Å². The van der Waals surface area contributed by atoms with Gasteiger partial charge in [-0.2, -0.15) is 0 Å². The van der Waals surface area contributed by atoms with Crippen molar-refractivity contribution in [2.75, 3.05) is 20.2 Å². The minimum Gasteiger partial charge on any atom is -0.380 e. The van der Waals surface area contributed by atoms with Crippen LogP contribution in [0.5, 0.6) is 0 Å². The predicted octanol–water partition coefficient (Wildman–Crippen LogP) is 0.443. The Morgan fingerprint density at radius 2 is 2.08 bits per heavy atom. The summed E-state index contributed by atoms with van der Waals surface area (Å²) in [7, 11) is 1.77. The fraction of sp³-hybridized carbons (Fsp3) is 1.00. The van der Waals surface area contributed by atoms with Gasteiger partial charge in [0.25, 0.3) is 0 Å². The monoisotopic (exact) mass is 172 g/mol. The zero-order valence-electron chi connectivity index (χ0n) is 8.29. The van der Waals surface area contributed by atoms with Crippen LogP contribution in [-0.2, 0) is 4.74 Å². The third-order valence-corrected chi connectivity index (χ3v) is 2.54. The average molecular weight is 172 g/mol. The summed E-state index contributed by atoms with van der Waals surface area (Å²) in [6, 6.07) is 0.861. The number of ether oxygens (including phenoxy) is 1. The van der Waals surface area contributed by atoms with E-state index in [1.807, 2.05) is 0 Å². The number of methoxy groups -OCH3 is 1. The lowest BCUT2D eigenvalue weighted by atomic mass is 10.0. The summed E-state index contributed by atoms with van der Waals surface area (Å²) in [5.74, 6) is 0. The lowest BCUT2D eigenvalue weighted by Gasteiger charge is -2.37. The Labute approximate surface area is 74.9 Å². The highest BCUT2D eigenvalue weighted by atomic mass is 16.5. The molecule has 2 N–H and O–H groups in total. The molecule has 0 aliphatic carbocycles. The molecule has 12 heavy (non-hydrogen) atoms. The maximum absolute atomic E-state index is 5.91. The standard InChI is InChI=1S/C9H20N2O/c1-7(2)11-5-8(10)4-9(6-11)12-3/h7-9H,4-6,10H2,1-3H3. The van der Waals surface area contributed by atoms with Gasteiger partial charge in [0.15, 0.2) is 0 Å². The summed E-state index contributed by atoms with van der Waals surface area (Å²) in [5, 5.41) is 0. The van der Waals surface area contributed by atoms with E-state index in [1.165, 1.54) is 0 Å². The number of rotatable bonds is 2. The quantitative estimate of drug-likeness (QED) is 0.657. The van der Waals surface area contributed by atoms with Gasteiger partial charge in [-0.25, -0.2) is 0 Å². The normalized spacial score (nSPS) is 32.8. The highest BCUT2D eigenvalue weighted by Crippen LogP contribution is 2.13. The molecule has 2 atom stereocenters. The Bertz CT molecular complexity index is 138. The minimum absolute atomic E-state index is 0.283. The summed E-state index contributed by atoms with van der Waals surface area (Å²) >= 11 is 0. The van der Waals surface area contributed by atoms with E-state index in [1.54, 1.807) is 7.11 Å². The van der Waals surface area contributed by atoms with E-state index in [0.717, 1.165) is 19.5 Å². The number of nitrogens with two attached hydrogens (primary N) is 1. The van der Waals surface area contributed by atoms with Crippen molar-refractivity contribution >= 4 is 0 Å². The lowest BCUT2D eigenvalue weighted by Crippen LogP contribution is -2.52. The molecule has 1 rings (SSSR count). The van der Waals surface area contributed by atoms with E-state index in [-0.39, 0.29) is 6.04 Å². The molecule has 0 aromatic rings. The predicted molar refractivity (Wildman–Crippen MR) is 50.1 cm³/mol. The van der Waals surface area contributed by atoms with Crippen LogP contribution in [0, 0.1) is 0 Å². The van der Waals surface area contributed by atoms with Crippen molar-refractivity contribution in [3.63, 3.8) is 0 Å². The van der Waals surface area contributed by atoms with Crippen molar-refractivity contribution in [3.05, 3.63) is 0 Å². The first-order valence-corrected chi connectivity index (χ1v) is 4.66. The Hall–Kier alpha value is -0.120. The lowest BCUT2D eigenvalue weighted by molar-refractivity contribution is 0.0124. The van der Waals surface area contributed by atoms with Gasteiger partial charge < -0.3 is 10.5 Å². The van der Waals surface area contributed by atoms with Crippen LogP contribution >= 0.6 is 0 Å². The third-order valence-electron chi connectivity index (χ3n) is 2.54. The molecule has 1 heterocycles. The SMILES string of the molecule is COC1CC(N)CN(C(C)C)C1. The molecule has 1 fully saturated rings. The first-order chi connectivity index (χ1) is 5.63. The van der Waals surface area contributed by atoms with Crippen molar-refractivity contribution in [2.45, 2.75) is 38.5 Å². The molecule has 2 unspecified atom stereocenters. The summed E-state index contributed by atoms with van der Waals surface area (Å²) < 4.78 is 5.32. The van der Waals surface area contributed by atoms with Gasteiger partial charge in [-0.3, -0.25) is 4.90 Å². The van der Waals surface area contributed by atoms with Crippen LogP contribution in [0.15, 0.2) is 0 Å². The van der Waals surface area contributed by atoms with Crippen LogP contribution in [0.3, 0.4) is 0 Å². The van der Waals surface area contributed by atoms with E-state index in [9.17, 15) is 0 Å². The molecule has 0 bridgehead atoms. The average Bonchev–Trinajstić information content (AvgIpc) is 2.03. The second-order valence-corrected chi connectivity index (χ2v) is 3.90. The molecular weight excluding hydrogens is 152 g/mol. The van der Waals surface area contributed by atoms with Gasteiger partial charge in [0.05, 0.1) is 6.10 Å². The van der Waals surface area contributed by atoms with Gasteiger partial charge in [-0.1, -0.05) is 0 Å². The molecule has 0 aromatic carbocycles. The van der Waals surface area contributed by atoms with Gasteiger partial charge in [-0.05, 0) is 20.3 Å². The first kappa shape index (κ1) is 9.96. The van der Waals surface area contributed by atoms with Crippen LogP contribution in [0.2, 0.25) is 0 Å². The Kier molecular flexibility index (Phi) is 3.50. The van der Waals surface area contributed by atoms with Crippen molar-refractivity contribution in [1.29, 1.82) is 0 Å². The molecule has 0 aromatic heterocycles. The van der Waals surface area contributed by atoms with Gasteiger partial charge in [0.1, 0.15) is 0 Å². The van der Waals surface area contributed by atoms with Crippen molar-refractivity contribution in [2.24, 2.45) is 5.73 Å².